The molecule has 0 aliphatic heterocycles. The van der Waals surface area contributed by atoms with Crippen LogP contribution in [-0.4, -0.2) is 7.05 Å². The summed E-state index contributed by atoms with van der Waals surface area (Å²) in [4.78, 5) is 0. The van der Waals surface area contributed by atoms with Gasteiger partial charge in [0.15, 0.2) is 0 Å². The van der Waals surface area contributed by atoms with E-state index in [4.69, 9.17) is 0 Å². The summed E-state index contributed by atoms with van der Waals surface area (Å²) in [5.74, 6) is -0.583. The predicted molar refractivity (Wildman–Crippen MR) is 33.1 cm³/mol. The van der Waals surface area contributed by atoms with Gasteiger partial charge in [-0.05, 0) is 6.92 Å². The van der Waals surface area contributed by atoms with Gasteiger partial charge in [0, 0.05) is 18.8 Å². The second-order valence-electron chi connectivity index (χ2n) is 1.52. The van der Waals surface area contributed by atoms with E-state index in [1.807, 2.05) is 0 Å². The summed E-state index contributed by atoms with van der Waals surface area (Å²) in [5.41, 5.74) is 0.323. The summed E-state index contributed by atoms with van der Waals surface area (Å²) in [6, 6.07) is 0. The zero-order valence-corrected chi connectivity index (χ0v) is 5.41. The minimum absolute atomic E-state index is 0.163. The van der Waals surface area contributed by atoms with Crippen LogP contribution in [0, 0.1) is 0 Å². The third kappa shape index (κ3) is 2.85. The number of halogens is 2. The molecule has 1 nitrogen and oxygen atoms in total. The van der Waals surface area contributed by atoms with Gasteiger partial charge < -0.3 is 5.32 Å². The first kappa shape index (κ1) is 8.14. The lowest BCUT2D eigenvalue weighted by atomic mass is 10.4. The molecule has 0 saturated heterocycles. The van der Waals surface area contributed by atoms with Crippen LogP contribution in [0.25, 0.3) is 0 Å². The fourth-order valence-corrected chi connectivity index (χ4v) is 0.300. The second-order valence-corrected chi connectivity index (χ2v) is 1.52. The topological polar surface area (TPSA) is 12.0 Å². The minimum atomic E-state index is -0.583. The molecule has 0 aromatic heterocycles. The van der Waals surface area contributed by atoms with Crippen molar-refractivity contribution in [2.24, 2.45) is 0 Å². The highest BCUT2D eigenvalue weighted by atomic mass is 19.1. The van der Waals surface area contributed by atoms with Crippen LogP contribution >= 0.6 is 0 Å². The molecule has 0 aromatic rings. The molecule has 0 aromatic carbocycles. The highest BCUT2D eigenvalue weighted by Gasteiger charge is 1.91. The van der Waals surface area contributed by atoms with Gasteiger partial charge in [-0.15, -0.1) is 0 Å². The zero-order chi connectivity index (χ0) is 7.28. The van der Waals surface area contributed by atoms with Gasteiger partial charge in [-0.25, -0.2) is 8.78 Å². The monoisotopic (exact) mass is 133 g/mol. The standard InChI is InChI=1S/C6H9F2N/c1-5(9-2)6(8)3-4-7/h3-4,9H,1-2H3/b4-3+,6-5-. The van der Waals surface area contributed by atoms with Crippen molar-refractivity contribution in [1.29, 1.82) is 0 Å². The van der Waals surface area contributed by atoms with Crippen LogP contribution in [0.3, 0.4) is 0 Å². The Morgan fingerprint density at radius 2 is 2.11 bits per heavy atom. The average Bonchev–Trinajstić information content (AvgIpc) is 1.87. The first-order chi connectivity index (χ1) is 4.22. The van der Waals surface area contributed by atoms with Crippen molar-refractivity contribution in [1.82, 2.24) is 5.32 Å². The Hall–Kier alpha value is -0.860. The van der Waals surface area contributed by atoms with E-state index in [9.17, 15) is 8.78 Å². The summed E-state index contributed by atoms with van der Waals surface area (Å²) >= 11 is 0. The molecule has 0 saturated carbocycles. The van der Waals surface area contributed by atoms with Crippen LogP contribution in [0.4, 0.5) is 8.78 Å². The van der Waals surface area contributed by atoms with Gasteiger partial charge in [-0.3, -0.25) is 0 Å². The third-order valence-electron chi connectivity index (χ3n) is 0.943. The molecule has 0 bridgehead atoms. The Morgan fingerprint density at radius 1 is 1.56 bits per heavy atom. The van der Waals surface area contributed by atoms with Crippen molar-refractivity contribution < 1.29 is 8.78 Å². The van der Waals surface area contributed by atoms with Gasteiger partial charge in [-0.1, -0.05) is 0 Å². The Balaban J connectivity index is 4.10. The van der Waals surface area contributed by atoms with Crippen LogP contribution in [-0.2, 0) is 0 Å². The van der Waals surface area contributed by atoms with Crippen LogP contribution in [0.5, 0.6) is 0 Å². The second kappa shape index (κ2) is 4.06. The van der Waals surface area contributed by atoms with Gasteiger partial charge in [0.25, 0.3) is 0 Å². The normalized spacial score (nSPS) is 13.8. The minimum Gasteiger partial charge on any atom is -0.389 e. The van der Waals surface area contributed by atoms with Crippen molar-refractivity contribution in [3.05, 3.63) is 23.9 Å². The smallest absolute Gasteiger partial charge is 0.144 e. The van der Waals surface area contributed by atoms with E-state index >= 15 is 0 Å². The fraction of sp³-hybridized carbons (Fsp3) is 0.333. The van der Waals surface area contributed by atoms with E-state index in [1.165, 1.54) is 6.92 Å². The van der Waals surface area contributed by atoms with Gasteiger partial charge in [0.2, 0.25) is 0 Å². The summed E-state index contributed by atoms with van der Waals surface area (Å²) in [7, 11) is 1.57. The van der Waals surface area contributed by atoms with Crippen LogP contribution < -0.4 is 5.32 Å². The molecule has 0 aliphatic carbocycles. The Labute approximate surface area is 53.1 Å². The molecule has 9 heavy (non-hydrogen) atoms. The highest BCUT2D eigenvalue weighted by Crippen LogP contribution is 2.03. The molecule has 52 valence electrons. The molecule has 0 amide bonds. The fourth-order valence-electron chi connectivity index (χ4n) is 0.300. The summed E-state index contributed by atoms with van der Waals surface area (Å²) in [6.45, 7) is 1.52. The maximum absolute atomic E-state index is 12.3. The SMILES string of the molecule is CN/C(C)=C(F)/C=C/F. The molecule has 0 spiro atoms. The largest absolute Gasteiger partial charge is 0.389 e. The van der Waals surface area contributed by atoms with E-state index in [2.05, 4.69) is 5.32 Å². The summed E-state index contributed by atoms with van der Waals surface area (Å²) in [5, 5.41) is 2.54. The molecule has 0 fully saturated rings. The van der Waals surface area contributed by atoms with Gasteiger partial charge in [0.1, 0.15) is 5.83 Å². The third-order valence-corrected chi connectivity index (χ3v) is 0.943. The first-order valence-electron chi connectivity index (χ1n) is 2.53. The maximum Gasteiger partial charge on any atom is 0.144 e. The van der Waals surface area contributed by atoms with Crippen molar-refractivity contribution in [2.45, 2.75) is 6.92 Å². The van der Waals surface area contributed by atoms with Crippen molar-refractivity contribution in [2.75, 3.05) is 7.05 Å². The lowest BCUT2D eigenvalue weighted by Crippen LogP contribution is -2.02. The van der Waals surface area contributed by atoms with Gasteiger partial charge in [0.05, 0.1) is 6.33 Å². The van der Waals surface area contributed by atoms with Crippen molar-refractivity contribution in [3.63, 3.8) is 0 Å². The first-order valence-corrected chi connectivity index (χ1v) is 2.53. The van der Waals surface area contributed by atoms with E-state index < -0.39 is 5.83 Å². The molecular formula is C6H9F2N. The molecule has 0 atom stereocenters. The van der Waals surface area contributed by atoms with E-state index in [0.717, 1.165) is 6.08 Å². The molecular weight excluding hydrogens is 124 g/mol. The number of hydrogen-bond donors (Lipinski definition) is 1. The van der Waals surface area contributed by atoms with Crippen LogP contribution in [0.2, 0.25) is 0 Å². The Bertz CT molecular complexity index is 138. The molecule has 0 rings (SSSR count). The quantitative estimate of drug-likeness (QED) is 0.567. The van der Waals surface area contributed by atoms with E-state index in [-0.39, 0.29) is 6.33 Å². The van der Waals surface area contributed by atoms with Crippen LogP contribution in [0.1, 0.15) is 6.92 Å². The van der Waals surface area contributed by atoms with Crippen LogP contribution in [0.15, 0.2) is 23.9 Å². The summed E-state index contributed by atoms with van der Waals surface area (Å²) < 4.78 is 23.5. The molecule has 1 N–H and O–H groups in total. The number of rotatable bonds is 2. The number of hydrogen-bond acceptors (Lipinski definition) is 1. The van der Waals surface area contributed by atoms with E-state index in [1.54, 1.807) is 7.05 Å². The molecule has 0 aliphatic rings. The maximum atomic E-state index is 12.3. The Morgan fingerprint density at radius 3 is 2.44 bits per heavy atom. The van der Waals surface area contributed by atoms with Crippen molar-refractivity contribution >= 4 is 0 Å². The zero-order valence-electron chi connectivity index (χ0n) is 5.41. The lowest BCUT2D eigenvalue weighted by Gasteiger charge is -1.96. The summed E-state index contributed by atoms with van der Waals surface area (Å²) in [6.07, 6.45) is 0.919. The van der Waals surface area contributed by atoms with Gasteiger partial charge in [-0.2, -0.15) is 0 Å². The molecule has 3 heteroatoms. The molecule has 0 unspecified atom stereocenters. The number of nitrogens with one attached hydrogen (secondary N) is 1. The van der Waals surface area contributed by atoms with E-state index in [0.29, 0.717) is 5.70 Å². The molecule has 0 radical (unpaired) electrons. The molecule has 0 heterocycles. The highest BCUT2D eigenvalue weighted by molar-refractivity contribution is 5.14. The predicted octanol–water partition coefficient (Wildman–Crippen LogP) is 1.89. The Kier molecular flexibility index (Phi) is 3.67. The van der Waals surface area contributed by atoms with Gasteiger partial charge >= 0.3 is 0 Å². The van der Waals surface area contributed by atoms with Crippen molar-refractivity contribution in [3.8, 4) is 0 Å². The number of allylic oxidation sites excluding steroid dienone is 3. The average molecular weight is 133 g/mol. The lowest BCUT2D eigenvalue weighted by molar-refractivity contribution is 0.630.